The van der Waals surface area contributed by atoms with Crippen molar-refractivity contribution in [2.75, 3.05) is 5.73 Å². The van der Waals surface area contributed by atoms with E-state index in [0.717, 1.165) is 22.5 Å². The van der Waals surface area contributed by atoms with Gasteiger partial charge >= 0.3 is 0 Å². The number of hydrogen-bond donors (Lipinski definition) is 1. The summed E-state index contributed by atoms with van der Waals surface area (Å²) >= 11 is 0. The number of fused-ring (bicyclic) bond motifs is 1. The van der Waals surface area contributed by atoms with Crippen molar-refractivity contribution in [1.29, 1.82) is 0 Å². The number of para-hydroxylation sites is 1. The van der Waals surface area contributed by atoms with Crippen LogP contribution in [-0.2, 0) is 7.05 Å². The average molecular weight is 336 g/mol. The van der Waals surface area contributed by atoms with Crippen LogP contribution in [0.15, 0.2) is 54.9 Å². The minimum absolute atomic E-state index is 0.0919. The standard InChI is InChI=1S/C19H14F2N4/c1-25-10-15(13-4-2-3-5-17(13)25)18-14(9-23-19(22)24-18)12-7-6-11(20)8-16(12)21/h2-10H,1H3,(H2,22,23,24). The third-order valence-electron chi connectivity index (χ3n) is 4.18. The van der Waals surface area contributed by atoms with E-state index in [4.69, 9.17) is 5.73 Å². The molecule has 124 valence electrons. The highest BCUT2D eigenvalue weighted by Gasteiger charge is 2.18. The van der Waals surface area contributed by atoms with Crippen LogP contribution in [0, 0.1) is 11.6 Å². The molecule has 4 rings (SSSR count). The second kappa shape index (κ2) is 5.66. The highest BCUT2D eigenvalue weighted by molar-refractivity contribution is 5.98. The maximum atomic E-state index is 14.3. The van der Waals surface area contributed by atoms with Crippen molar-refractivity contribution in [2.24, 2.45) is 7.05 Å². The van der Waals surface area contributed by atoms with Gasteiger partial charge in [-0.25, -0.2) is 18.7 Å². The molecule has 0 unspecified atom stereocenters. The molecule has 0 amide bonds. The zero-order valence-corrected chi connectivity index (χ0v) is 13.4. The molecule has 0 fully saturated rings. The maximum absolute atomic E-state index is 14.3. The van der Waals surface area contributed by atoms with E-state index in [1.165, 1.54) is 18.3 Å². The van der Waals surface area contributed by atoms with Gasteiger partial charge in [-0.1, -0.05) is 18.2 Å². The number of aromatic nitrogens is 3. The number of hydrogen-bond acceptors (Lipinski definition) is 3. The molecule has 25 heavy (non-hydrogen) atoms. The minimum Gasteiger partial charge on any atom is -0.368 e. The van der Waals surface area contributed by atoms with Crippen LogP contribution in [0.3, 0.4) is 0 Å². The zero-order valence-electron chi connectivity index (χ0n) is 13.4. The Balaban J connectivity index is 2.03. The van der Waals surface area contributed by atoms with Crippen LogP contribution < -0.4 is 5.73 Å². The van der Waals surface area contributed by atoms with E-state index in [0.29, 0.717) is 11.3 Å². The number of aryl methyl sites for hydroxylation is 1. The van der Waals surface area contributed by atoms with Crippen LogP contribution in [0.2, 0.25) is 0 Å². The lowest BCUT2D eigenvalue weighted by Crippen LogP contribution is -1.99. The molecule has 2 aromatic heterocycles. The van der Waals surface area contributed by atoms with Gasteiger partial charge in [0.2, 0.25) is 5.95 Å². The predicted octanol–water partition coefficient (Wildman–Crippen LogP) is 4.16. The van der Waals surface area contributed by atoms with Gasteiger partial charge in [-0.2, -0.15) is 0 Å². The van der Waals surface area contributed by atoms with Gasteiger partial charge in [0.15, 0.2) is 0 Å². The maximum Gasteiger partial charge on any atom is 0.220 e. The van der Waals surface area contributed by atoms with E-state index < -0.39 is 11.6 Å². The first-order valence-corrected chi connectivity index (χ1v) is 7.67. The van der Waals surface area contributed by atoms with Crippen molar-refractivity contribution in [3.05, 3.63) is 66.5 Å². The summed E-state index contributed by atoms with van der Waals surface area (Å²) in [6, 6.07) is 11.3. The molecule has 0 atom stereocenters. The fourth-order valence-electron chi connectivity index (χ4n) is 3.04. The van der Waals surface area contributed by atoms with Gasteiger partial charge in [0.1, 0.15) is 11.6 Å². The number of rotatable bonds is 2. The molecule has 6 heteroatoms. The Hall–Kier alpha value is -3.28. The van der Waals surface area contributed by atoms with Gasteiger partial charge in [0.25, 0.3) is 0 Å². The quantitative estimate of drug-likeness (QED) is 0.598. The smallest absolute Gasteiger partial charge is 0.220 e. The number of anilines is 1. The zero-order chi connectivity index (χ0) is 17.6. The Morgan fingerprint density at radius 3 is 2.60 bits per heavy atom. The molecule has 4 nitrogen and oxygen atoms in total. The van der Waals surface area contributed by atoms with Gasteiger partial charge in [0.05, 0.1) is 5.69 Å². The van der Waals surface area contributed by atoms with E-state index >= 15 is 0 Å². The second-order valence-corrected chi connectivity index (χ2v) is 5.79. The summed E-state index contributed by atoms with van der Waals surface area (Å²) in [5, 5.41) is 0.965. The van der Waals surface area contributed by atoms with Crippen molar-refractivity contribution < 1.29 is 8.78 Å². The molecule has 2 N–H and O–H groups in total. The molecular formula is C19H14F2N4. The van der Waals surface area contributed by atoms with Crippen LogP contribution in [0.1, 0.15) is 0 Å². The van der Waals surface area contributed by atoms with Crippen molar-refractivity contribution in [1.82, 2.24) is 14.5 Å². The molecule has 0 saturated carbocycles. The first-order chi connectivity index (χ1) is 12.0. The Bertz CT molecular complexity index is 1100. The Kier molecular flexibility index (Phi) is 3.46. The lowest BCUT2D eigenvalue weighted by molar-refractivity contribution is 0.585. The molecule has 0 spiro atoms. The monoisotopic (exact) mass is 336 g/mol. The summed E-state index contributed by atoms with van der Waals surface area (Å²) in [5.41, 5.74) is 8.79. The predicted molar refractivity (Wildman–Crippen MR) is 93.7 cm³/mol. The highest BCUT2D eigenvalue weighted by Crippen LogP contribution is 2.36. The minimum atomic E-state index is -0.671. The van der Waals surface area contributed by atoms with Gasteiger partial charge < -0.3 is 10.3 Å². The van der Waals surface area contributed by atoms with Gasteiger partial charge in [-0.15, -0.1) is 0 Å². The van der Waals surface area contributed by atoms with E-state index in [1.54, 1.807) is 0 Å². The molecule has 0 aliphatic heterocycles. The molecule has 0 aliphatic rings. The van der Waals surface area contributed by atoms with Crippen LogP contribution in [0.4, 0.5) is 14.7 Å². The number of nitrogens with two attached hydrogens (primary N) is 1. The number of nitrogen functional groups attached to an aromatic ring is 1. The highest BCUT2D eigenvalue weighted by atomic mass is 19.1. The van der Waals surface area contributed by atoms with Gasteiger partial charge in [-0.05, 0) is 18.2 Å². The first kappa shape index (κ1) is 15.3. The lowest BCUT2D eigenvalue weighted by atomic mass is 10.00. The van der Waals surface area contributed by atoms with Crippen molar-refractivity contribution in [3.8, 4) is 22.4 Å². The van der Waals surface area contributed by atoms with E-state index in [2.05, 4.69) is 9.97 Å². The molecule has 2 heterocycles. The van der Waals surface area contributed by atoms with Crippen LogP contribution in [0.5, 0.6) is 0 Å². The normalized spacial score (nSPS) is 11.2. The summed E-state index contributed by atoms with van der Waals surface area (Å²) < 4.78 is 29.6. The molecule has 0 saturated heterocycles. The van der Waals surface area contributed by atoms with Crippen molar-refractivity contribution >= 4 is 16.9 Å². The Labute approximate surface area is 142 Å². The summed E-state index contributed by atoms with van der Waals surface area (Å²) in [7, 11) is 1.93. The third kappa shape index (κ3) is 2.52. The third-order valence-corrected chi connectivity index (χ3v) is 4.18. The largest absolute Gasteiger partial charge is 0.368 e. The van der Waals surface area contributed by atoms with E-state index in [1.807, 2.05) is 42.1 Å². The average Bonchev–Trinajstić information content (AvgIpc) is 2.93. The van der Waals surface area contributed by atoms with Crippen LogP contribution in [-0.4, -0.2) is 14.5 Å². The number of halogens is 2. The molecule has 4 aromatic rings. The topological polar surface area (TPSA) is 56.7 Å². The molecule has 0 bridgehead atoms. The van der Waals surface area contributed by atoms with Crippen molar-refractivity contribution in [3.63, 3.8) is 0 Å². The van der Waals surface area contributed by atoms with E-state index in [-0.39, 0.29) is 11.5 Å². The van der Waals surface area contributed by atoms with E-state index in [9.17, 15) is 8.78 Å². The fraction of sp³-hybridized carbons (Fsp3) is 0.0526. The molecular weight excluding hydrogens is 322 g/mol. The summed E-state index contributed by atoms with van der Waals surface area (Å²) in [6.45, 7) is 0. The summed E-state index contributed by atoms with van der Waals surface area (Å²) in [4.78, 5) is 8.33. The number of benzene rings is 2. The molecule has 2 aromatic carbocycles. The Morgan fingerprint density at radius 1 is 1.00 bits per heavy atom. The fourth-order valence-corrected chi connectivity index (χ4v) is 3.04. The number of nitrogens with zero attached hydrogens (tertiary/aromatic N) is 3. The second-order valence-electron chi connectivity index (χ2n) is 5.79. The van der Waals surface area contributed by atoms with Gasteiger partial charge in [-0.3, -0.25) is 0 Å². The van der Waals surface area contributed by atoms with Crippen molar-refractivity contribution in [2.45, 2.75) is 0 Å². The first-order valence-electron chi connectivity index (χ1n) is 7.67. The Morgan fingerprint density at radius 2 is 1.80 bits per heavy atom. The summed E-state index contributed by atoms with van der Waals surface area (Å²) in [5.74, 6) is -1.21. The summed E-state index contributed by atoms with van der Waals surface area (Å²) in [6.07, 6.45) is 3.38. The van der Waals surface area contributed by atoms with Crippen LogP contribution >= 0.6 is 0 Å². The van der Waals surface area contributed by atoms with Gasteiger partial charge in [0, 0.05) is 53.1 Å². The lowest BCUT2D eigenvalue weighted by Gasteiger charge is -2.10. The molecule has 0 aliphatic carbocycles. The SMILES string of the molecule is Cn1cc(-c2nc(N)ncc2-c2ccc(F)cc2F)c2ccccc21. The molecule has 0 radical (unpaired) electrons. The van der Waals surface area contributed by atoms with Crippen LogP contribution in [0.25, 0.3) is 33.3 Å².